The molecule has 2 aromatic heterocycles. The van der Waals surface area contributed by atoms with Crippen LogP contribution in [-0.2, 0) is 17.8 Å². The van der Waals surface area contributed by atoms with Gasteiger partial charge in [-0.05, 0) is 54.6 Å². The van der Waals surface area contributed by atoms with Gasteiger partial charge in [-0.1, -0.05) is 24.3 Å². The minimum absolute atomic E-state index is 0.0177. The number of rotatable bonds is 2. The Morgan fingerprint density at radius 2 is 1.68 bits per heavy atom. The summed E-state index contributed by atoms with van der Waals surface area (Å²) in [6.45, 7) is 3.07. The van der Waals surface area contributed by atoms with Gasteiger partial charge in [-0.25, -0.2) is 0 Å². The van der Waals surface area contributed by atoms with Gasteiger partial charge in [-0.2, -0.15) is 0 Å². The van der Waals surface area contributed by atoms with Crippen molar-refractivity contribution in [3.05, 3.63) is 80.6 Å². The van der Waals surface area contributed by atoms with Crippen LogP contribution in [0.4, 0.5) is 0 Å². The van der Waals surface area contributed by atoms with Gasteiger partial charge in [0.25, 0.3) is 0 Å². The lowest BCUT2D eigenvalue weighted by molar-refractivity contribution is -0.134. The zero-order chi connectivity index (χ0) is 19.3. The van der Waals surface area contributed by atoms with E-state index in [0.29, 0.717) is 10.8 Å². The van der Waals surface area contributed by atoms with Gasteiger partial charge in [-0.15, -0.1) is 11.3 Å². The van der Waals surface area contributed by atoms with Crippen molar-refractivity contribution in [3.8, 4) is 0 Å². The number of fused-ring (bicyclic) bond motifs is 3. The van der Waals surface area contributed by atoms with Gasteiger partial charge < -0.3 is 9.47 Å². The third-order valence-corrected chi connectivity index (χ3v) is 6.77. The Hall–Kier alpha value is -2.92. The molecule has 28 heavy (non-hydrogen) atoms. The molecule has 0 aliphatic carbocycles. The minimum atomic E-state index is 0.0177. The number of hydrogen-bond acceptors (Lipinski definition) is 3. The van der Waals surface area contributed by atoms with Gasteiger partial charge in [0.15, 0.2) is 5.43 Å². The molecule has 4 nitrogen and oxygen atoms in total. The van der Waals surface area contributed by atoms with Crippen molar-refractivity contribution < 1.29 is 4.79 Å². The zero-order valence-electron chi connectivity index (χ0n) is 15.6. The molecule has 1 aliphatic rings. The molecule has 0 spiro atoms. The standard InChI is InChI=1S/C23H20N2O2S/c1-15-16-11-13-28-21(16)10-12-24(15)22(26)14-25-19-8-4-2-6-17(19)23(27)18-7-3-5-9-20(18)25/h2-9,11,13,15H,10,12,14H2,1H3/t15-/m0/s1. The summed E-state index contributed by atoms with van der Waals surface area (Å²) in [5.41, 5.74) is 2.89. The van der Waals surface area contributed by atoms with Gasteiger partial charge in [0.2, 0.25) is 5.91 Å². The fourth-order valence-corrected chi connectivity index (χ4v) is 5.29. The van der Waals surface area contributed by atoms with Crippen molar-refractivity contribution in [2.45, 2.75) is 25.9 Å². The number of thiophene rings is 1. The third kappa shape index (κ3) is 2.58. The Morgan fingerprint density at radius 3 is 2.36 bits per heavy atom. The molecule has 4 aromatic rings. The summed E-state index contributed by atoms with van der Waals surface area (Å²) in [5, 5.41) is 3.42. The summed E-state index contributed by atoms with van der Waals surface area (Å²) >= 11 is 1.77. The molecular formula is C23H20N2O2S. The van der Waals surface area contributed by atoms with E-state index < -0.39 is 0 Å². The molecule has 3 heterocycles. The predicted molar refractivity (Wildman–Crippen MR) is 114 cm³/mol. The maximum Gasteiger partial charge on any atom is 0.243 e. The van der Waals surface area contributed by atoms with Crippen LogP contribution in [0, 0.1) is 0 Å². The first-order valence-electron chi connectivity index (χ1n) is 9.51. The molecule has 0 N–H and O–H groups in total. The van der Waals surface area contributed by atoms with Crippen molar-refractivity contribution in [2.75, 3.05) is 6.54 Å². The van der Waals surface area contributed by atoms with Crippen LogP contribution in [0.25, 0.3) is 21.8 Å². The summed E-state index contributed by atoms with van der Waals surface area (Å²) in [7, 11) is 0. The Bertz CT molecular complexity index is 1210. The van der Waals surface area contributed by atoms with E-state index in [1.807, 2.05) is 58.0 Å². The van der Waals surface area contributed by atoms with E-state index in [1.54, 1.807) is 11.3 Å². The molecule has 140 valence electrons. The molecule has 0 radical (unpaired) electrons. The van der Waals surface area contributed by atoms with E-state index in [2.05, 4.69) is 18.4 Å². The number of carbonyl (C=O) groups excluding carboxylic acids is 1. The van der Waals surface area contributed by atoms with Crippen molar-refractivity contribution in [3.63, 3.8) is 0 Å². The molecule has 0 bridgehead atoms. The Kier molecular flexibility index (Phi) is 4.05. The molecule has 0 unspecified atom stereocenters. The lowest BCUT2D eigenvalue weighted by Gasteiger charge is -2.34. The number of benzene rings is 2. The van der Waals surface area contributed by atoms with Crippen LogP contribution < -0.4 is 5.43 Å². The number of para-hydroxylation sites is 2. The normalized spacial score (nSPS) is 16.5. The van der Waals surface area contributed by atoms with Gasteiger partial charge in [0, 0.05) is 22.2 Å². The van der Waals surface area contributed by atoms with Crippen LogP contribution in [-0.4, -0.2) is 21.9 Å². The fourth-order valence-electron chi connectivity index (χ4n) is 4.32. The van der Waals surface area contributed by atoms with Crippen molar-refractivity contribution in [1.29, 1.82) is 0 Å². The second kappa shape index (κ2) is 6.60. The van der Waals surface area contributed by atoms with Gasteiger partial charge >= 0.3 is 0 Å². The van der Waals surface area contributed by atoms with E-state index in [0.717, 1.165) is 24.0 Å². The quantitative estimate of drug-likeness (QED) is 0.479. The highest BCUT2D eigenvalue weighted by molar-refractivity contribution is 7.10. The Balaban J connectivity index is 1.61. The monoisotopic (exact) mass is 388 g/mol. The summed E-state index contributed by atoms with van der Waals surface area (Å²) < 4.78 is 1.99. The highest BCUT2D eigenvalue weighted by atomic mass is 32.1. The first-order valence-corrected chi connectivity index (χ1v) is 10.4. The smallest absolute Gasteiger partial charge is 0.243 e. The highest BCUT2D eigenvalue weighted by Crippen LogP contribution is 2.33. The van der Waals surface area contributed by atoms with Crippen molar-refractivity contribution in [2.24, 2.45) is 0 Å². The van der Waals surface area contributed by atoms with Crippen molar-refractivity contribution >= 4 is 39.0 Å². The molecule has 1 amide bonds. The number of pyridine rings is 1. The first kappa shape index (κ1) is 17.2. The Morgan fingerprint density at radius 1 is 1.04 bits per heavy atom. The first-order chi connectivity index (χ1) is 13.6. The molecular weight excluding hydrogens is 368 g/mol. The number of amides is 1. The van der Waals surface area contributed by atoms with Gasteiger partial charge in [0.05, 0.1) is 17.1 Å². The second-order valence-electron chi connectivity index (χ2n) is 7.26. The summed E-state index contributed by atoms with van der Waals surface area (Å²) in [4.78, 5) is 29.5. The second-order valence-corrected chi connectivity index (χ2v) is 8.26. The minimum Gasteiger partial charge on any atom is -0.334 e. The molecule has 0 saturated heterocycles. The maximum absolute atomic E-state index is 13.3. The largest absolute Gasteiger partial charge is 0.334 e. The van der Waals surface area contributed by atoms with Gasteiger partial charge in [0.1, 0.15) is 6.54 Å². The average Bonchev–Trinajstić information content (AvgIpc) is 3.21. The maximum atomic E-state index is 13.3. The lowest BCUT2D eigenvalue weighted by Crippen LogP contribution is -2.40. The molecule has 5 rings (SSSR count). The van der Waals surface area contributed by atoms with Crippen molar-refractivity contribution in [1.82, 2.24) is 9.47 Å². The van der Waals surface area contributed by atoms with E-state index >= 15 is 0 Å². The number of nitrogens with zero attached hydrogens (tertiary/aromatic N) is 2. The van der Waals surface area contributed by atoms with Crippen LogP contribution in [0.15, 0.2) is 64.8 Å². The molecule has 5 heteroatoms. The topological polar surface area (TPSA) is 42.3 Å². The molecule has 1 aliphatic heterocycles. The van der Waals surface area contributed by atoms with E-state index in [-0.39, 0.29) is 23.9 Å². The molecule has 0 fully saturated rings. The fraction of sp³-hybridized carbons (Fsp3) is 0.217. The van der Waals surface area contributed by atoms with E-state index in [1.165, 1.54) is 10.4 Å². The molecule has 0 saturated carbocycles. The van der Waals surface area contributed by atoms with Crippen LogP contribution in [0.3, 0.4) is 0 Å². The van der Waals surface area contributed by atoms with Gasteiger partial charge in [-0.3, -0.25) is 9.59 Å². The number of aromatic nitrogens is 1. The summed E-state index contributed by atoms with van der Waals surface area (Å²) in [5.74, 6) is 0.0864. The average molecular weight is 388 g/mol. The Labute approximate surface area is 166 Å². The SMILES string of the molecule is C[C@H]1c2ccsc2CCN1C(=O)Cn1c2ccccc2c(=O)c2ccccc21. The highest BCUT2D eigenvalue weighted by Gasteiger charge is 2.28. The van der Waals surface area contributed by atoms with E-state index in [9.17, 15) is 9.59 Å². The lowest BCUT2D eigenvalue weighted by atomic mass is 10.0. The third-order valence-electron chi connectivity index (χ3n) is 5.77. The van der Waals surface area contributed by atoms with Crippen LogP contribution in [0.1, 0.15) is 23.4 Å². The van der Waals surface area contributed by atoms with Crippen LogP contribution in [0.5, 0.6) is 0 Å². The van der Waals surface area contributed by atoms with Crippen LogP contribution >= 0.6 is 11.3 Å². The number of hydrogen-bond donors (Lipinski definition) is 0. The predicted octanol–water partition coefficient (Wildman–Crippen LogP) is 4.36. The zero-order valence-corrected chi connectivity index (χ0v) is 16.4. The number of carbonyl (C=O) groups is 1. The summed E-state index contributed by atoms with van der Waals surface area (Å²) in [6, 6.07) is 17.3. The summed E-state index contributed by atoms with van der Waals surface area (Å²) in [6.07, 6.45) is 0.911. The molecule has 2 aromatic carbocycles. The molecule has 1 atom stereocenters. The van der Waals surface area contributed by atoms with Crippen LogP contribution in [0.2, 0.25) is 0 Å². The van der Waals surface area contributed by atoms with E-state index in [4.69, 9.17) is 0 Å².